The van der Waals surface area contributed by atoms with Gasteiger partial charge in [0.2, 0.25) is 0 Å². The minimum Gasteiger partial charge on any atom is -0.373 e. The number of rotatable bonds is 6. The molecule has 1 atom stereocenters. The highest BCUT2D eigenvalue weighted by Gasteiger charge is 2.79. The lowest BCUT2D eigenvalue weighted by Gasteiger charge is -2.47. The molecule has 0 bridgehead atoms. The Morgan fingerprint density at radius 2 is 1.56 bits per heavy atom. The van der Waals surface area contributed by atoms with E-state index in [4.69, 9.17) is 0 Å². The number of likely N-dealkylation sites (tertiary alicyclic amines) is 1. The summed E-state index contributed by atoms with van der Waals surface area (Å²) in [6.07, 6.45) is -11.6. The lowest BCUT2D eigenvalue weighted by molar-refractivity contribution is -0.403. The first-order valence-corrected chi connectivity index (χ1v) is 10.8. The molecule has 0 aliphatic carbocycles. The van der Waals surface area contributed by atoms with Crippen LogP contribution >= 0.6 is 0 Å². The third kappa shape index (κ3) is 4.54. The molecule has 1 fully saturated rings. The van der Waals surface area contributed by atoms with Crippen LogP contribution in [0, 0.1) is 18.2 Å². The van der Waals surface area contributed by atoms with E-state index in [2.05, 4.69) is 4.98 Å². The molecule has 2 heterocycles. The van der Waals surface area contributed by atoms with Crippen LogP contribution in [0.3, 0.4) is 0 Å². The average Bonchev–Trinajstić information content (AvgIpc) is 3.18. The highest BCUT2D eigenvalue weighted by atomic mass is 19.4. The predicted molar refractivity (Wildman–Crippen MR) is 112 cm³/mol. The molecule has 1 N–H and O–H groups in total. The molecule has 3 rings (SSSR count). The molecule has 34 heavy (non-hydrogen) atoms. The fourth-order valence-electron chi connectivity index (χ4n) is 4.84. The van der Waals surface area contributed by atoms with E-state index >= 15 is 0 Å². The Morgan fingerprint density at radius 1 is 0.971 bits per heavy atom. The highest BCUT2D eigenvalue weighted by molar-refractivity contribution is 5.24. The average molecular weight is 492 g/mol. The number of aromatic nitrogens is 1. The summed E-state index contributed by atoms with van der Waals surface area (Å²) in [5, 5.41) is 10.5. The zero-order valence-electron chi connectivity index (χ0n) is 19.1. The second kappa shape index (κ2) is 8.78. The largest absolute Gasteiger partial charge is 0.426 e. The maximum absolute atomic E-state index is 14.0. The third-order valence-electron chi connectivity index (χ3n) is 7.16. The van der Waals surface area contributed by atoms with Gasteiger partial charge in [-0.05, 0) is 75.9 Å². The van der Waals surface area contributed by atoms with Gasteiger partial charge < -0.3 is 5.11 Å². The van der Waals surface area contributed by atoms with Crippen LogP contribution < -0.4 is 0 Å². The first-order chi connectivity index (χ1) is 15.5. The Kier molecular flexibility index (Phi) is 6.82. The van der Waals surface area contributed by atoms with E-state index in [-0.39, 0.29) is 13.0 Å². The Bertz CT molecular complexity index is 970. The number of aryl methyl sites for hydroxylation is 2. The lowest BCUT2D eigenvalue weighted by Crippen LogP contribution is -2.68. The Balaban J connectivity index is 2.03. The smallest absolute Gasteiger partial charge is 0.373 e. The van der Waals surface area contributed by atoms with Gasteiger partial charge in [0.1, 0.15) is 5.82 Å². The van der Waals surface area contributed by atoms with Gasteiger partial charge in [-0.3, -0.25) is 9.88 Å². The monoisotopic (exact) mass is 492 g/mol. The van der Waals surface area contributed by atoms with Gasteiger partial charge >= 0.3 is 12.4 Å². The van der Waals surface area contributed by atoms with E-state index in [1.165, 1.54) is 17.0 Å². The molecule has 0 spiro atoms. The van der Waals surface area contributed by atoms with Gasteiger partial charge in [0.25, 0.3) is 5.60 Å². The van der Waals surface area contributed by atoms with E-state index in [0.717, 1.165) is 17.8 Å². The number of benzene rings is 1. The number of nitrogens with zero attached hydrogens (tertiary/aromatic N) is 2. The zero-order valence-corrected chi connectivity index (χ0v) is 19.1. The SMILES string of the molecule is Cc1ccc(C(C)(C)N2CC[C@@](CCc3ccc(F)cc3)(C(O)(C(F)(F)F)C(F)(F)F)C2)cn1. The molecular weight excluding hydrogens is 465 g/mol. The van der Waals surface area contributed by atoms with Crippen LogP contribution in [-0.4, -0.2) is 46.0 Å². The molecule has 188 valence electrons. The number of hydrogen-bond acceptors (Lipinski definition) is 3. The maximum atomic E-state index is 14.0. The summed E-state index contributed by atoms with van der Waals surface area (Å²) in [6.45, 7) is 4.45. The first-order valence-electron chi connectivity index (χ1n) is 10.8. The Morgan fingerprint density at radius 3 is 2.06 bits per heavy atom. The standard InChI is InChI=1S/C24H27F7N2O/c1-16-4-7-18(14-32-16)20(2,3)33-13-12-21(15-33,11-10-17-5-8-19(25)9-6-17)22(34,23(26,27)28)24(29,30)31/h4-9,14,34H,10-13,15H2,1-3H3/t21-/m1/s1. The van der Waals surface area contributed by atoms with Crippen LogP contribution in [0.4, 0.5) is 30.7 Å². The van der Waals surface area contributed by atoms with Gasteiger partial charge in [0.15, 0.2) is 0 Å². The van der Waals surface area contributed by atoms with Gasteiger partial charge in [-0.15, -0.1) is 0 Å². The zero-order chi connectivity index (χ0) is 25.6. The van der Waals surface area contributed by atoms with E-state index in [1.807, 2.05) is 0 Å². The van der Waals surface area contributed by atoms with Crippen molar-refractivity contribution < 1.29 is 35.8 Å². The van der Waals surface area contributed by atoms with Crippen molar-refractivity contribution in [3.05, 3.63) is 65.2 Å². The van der Waals surface area contributed by atoms with Gasteiger partial charge in [-0.1, -0.05) is 18.2 Å². The fraction of sp³-hybridized carbons (Fsp3) is 0.542. The number of pyridine rings is 1. The van der Waals surface area contributed by atoms with Gasteiger partial charge in [0, 0.05) is 29.4 Å². The van der Waals surface area contributed by atoms with E-state index in [0.29, 0.717) is 11.1 Å². The minimum absolute atomic E-state index is 0.0846. The molecule has 1 aromatic heterocycles. The molecule has 1 aromatic carbocycles. The van der Waals surface area contributed by atoms with Crippen LogP contribution in [0.2, 0.25) is 0 Å². The molecule has 1 saturated heterocycles. The van der Waals surface area contributed by atoms with Crippen LogP contribution in [0.1, 0.15) is 43.5 Å². The van der Waals surface area contributed by atoms with E-state index in [1.54, 1.807) is 39.1 Å². The van der Waals surface area contributed by atoms with Crippen molar-refractivity contribution in [3.63, 3.8) is 0 Å². The molecule has 0 radical (unpaired) electrons. The molecule has 0 amide bonds. The van der Waals surface area contributed by atoms with Crippen molar-refractivity contribution >= 4 is 0 Å². The number of alkyl halides is 6. The normalized spacial score (nSPS) is 20.7. The number of hydrogen-bond donors (Lipinski definition) is 1. The second-order valence-corrected chi connectivity index (χ2v) is 9.53. The van der Waals surface area contributed by atoms with Crippen LogP contribution in [-0.2, 0) is 12.0 Å². The summed E-state index contributed by atoms with van der Waals surface area (Å²) >= 11 is 0. The van der Waals surface area contributed by atoms with Crippen molar-refractivity contribution in [2.24, 2.45) is 5.41 Å². The Hall–Kier alpha value is -2.20. The molecule has 0 unspecified atom stereocenters. The molecular formula is C24H27F7N2O. The lowest BCUT2D eigenvalue weighted by atomic mass is 9.66. The third-order valence-corrected chi connectivity index (χ3v) is 7.16. The van der Waals surface area contributed by atoms with Crippen molar-refractivity contribution in [1.82, 2.24) is 9.88 Å². The van der Waals surface area contributed by atoms with E-state index < -0.39 is 54.1 Å². The van der Waals surface area contributed by atoms with Gasteiger partial charge in [-0.25, -0.2) is 4.39 Å². The van der Waals surface area contributed by atoms with Crippen molar-refractivity contribution in [3.8, 4) is 0 Å². The molecule has 2 aromatic rings. The minimum atomic E-state index is -5.94. The van der Waals surface area contributed by atoms with Crippen molar-refractivity contribution in [1.29, 1.82) is 0 Å². The molecule has 0 saturated carbocycles. The number of halogens is 7. The van der Waals surface area contributed by atoms with Crippen molar-refractivity contribution in [2.45, 2.75) is 63.5 Å². The quantitative estimate of drug-likeness (QED) is 0.507. The Labute approximate surface area is 193 Å². The highest BCUT2D eigenvalue weighted by Crippen LogP contribution is 2.59. The van der Waals surface area contributed by atoms with Crippen LogP contribution in [0.15, 0.2) is 42.6 Å². The topological polar surface area (TPSA) is 36.4 Å². The van der Waals surface area contributed by atoms with Crippen LogP contribution in [0.25, 0.3) is 0 Å². The summed E-state index contributed by atoms with van der Waals surface area (Å²) < 4.78 is 97.3. The van der Waals surface area contributed by atoms with Gasteiger partial charge in [0.05, 0.1) is 0 Å². The van der Waals surface area contributed by atoms with Crippen LogP contribution in [0.5, 0.6) is 0 Å². The summed E-state index contributed by atoms with van der Waals surface area (Å²) in [4.78, 5) is 5.73. The second-order valence-electron chi connectivity index (χ2n) is 9.53. The molecule has 10 heteroatoms. The summed E-state index contributed by atoms with van der Waals surface area (Å²) in [7, 11) is 0. The fourth-order valence-corrected chi connectivity index (χ4v) is 4.84. The molecule has 1 aliphatic rings. The number of aliphatic hydroxyl groups is 1. The first kappa shape index (κ1) is 26.4. The summed E-state index contributed by atoms with van der Waals surface area (Å²) in [6, 6.07) is 8.28. The summed E-state index contributed by atoms with van der Waals surface area (Å²) in [5.41, 5.74) is -6.67. The van der Waals surface area contributed by atoms with Crippen molar-refractivity contribution in [2.75, 3.05) is 13.1 Å². The molecule has 3 nitrogen and oxygen atoms in total. The molecule has 1 aliphatic heterocycles. The van der Waals surface area contributed by atoms with E-state index in [9.17, 15) is 35.8 Å². The van der Waals surface area contributed by atoms with Gasteiger partial charge in [-0.2, -0.15) is 26.3 Å². The maximum Gasteiger partial charge on any atom is 0.426 e. The predicted octanol–water partition coefficient (Wildman–Crippen LogP) is 5.94. The summed E-state index contributed by atoms with van der Waals surface area (Å²) in [5.74, 6) is -0.568.